The SMILES string of the molecule is CCNC(=NCC(=O)NCCOC)NC(C)CC.I. The van der Waals surface area contributed by atoms with E-state index in [2.05, 4.69) is 34.8 Å². The lowest BCUT2D eigenvalue weighted by atomic mass is 10.3. The predicted molar refractivity (Wildman–Crippen MR) is 89.2 cm³/mol. The van der Waals surface area contributed by atoms with Gasteiger partial charge in [0.25, 0.3) is 0 Å². The highest BCUT2D eigenvalue weighted by Crippen LogP contribution is 1.87. The number of halogens is 1. The van der Waals surface area contributed by atoms with Gasteiger partial charge in [-0.15, -0.1) is 24.0 Å². The summed E-state index contributed by atoms with van der Waals surface area (Å²) >= 11 is 0. The molecule has 0 aromatic rings. The molecule has 0 bridgehead atoms. The monoisotopic (exact) mass is 386 g/mol. The van der Waals surface area contributed by atoms with Gasteiger partial charge in [0.15, 0.2) is 5.96 Å². The van der Waals surface area contributed by atoms with Gasteiger partial charge in [0.2, 0.25) is 5.91 Å². The lowest BCUT2D eigenvalue weighted by Crippen LogP contribution is -2.42. The zero-order chi connectivity index (χ0) is 13.8. The number of nitrogens with one attached hydrogen (secondary N) is 3. The van der Waals surface area contributed by atoms with Gasteiger partial charge in [-0.1, -0.05) is 6.92 Å². The lowest BCUT2D eigenvalue weighted by Gasteiger charge is -2.16. The van der Waals surface area contributed by atoms with E-state index in [1.165, 1.54) is 0 Å². The minimum atomic E-state index is -0.103. The van der Waals surface area contributed by atoms with Gasteiger partial charge in [0, 0.05) is 26.2 Å². The molecule has 0 saturated carbocycles. The van der Waals surface area contributed by atoms with Crippen molar-refractivity contribution in [3.63, 3.8) is 0 Å². The Bertz CT molecular complexity index is 262. The molecule has 1 atom stereocenters. The summed E-state index contributed by atoms with van der Waals surface area (Å²) in [5, 5.41) is 9.05. The maximum absolute atomic E-state index is 11.5. The first kappa shape index (κ1) is 20.7. The second-order valence-electron chi connectivity index (χ2n) is 3.99. The molecular weight excluding hydrogens is 359 g/mol. The number of aliphatic imine (C=N–C) groups is 1. The fraction of sp³-hybridized carbons (Fsp3) is 0.833. The molecule has 0 aliphatic carbocycles. The van der Waals surface area contributed by atoms with Crippen LogP contribution in [0, 0.1) is 0 Å². The van der Waals surface area contributed by atoms with Gasteiger partial charge in [0.05, 0.1) is 6.61 Å². The van der Waals surface area contributed by atoms with Crippen LogP contribution in [0.4, 0.5) is 0 Å². The van der Waals surface area contributed by atoms with Gasteiger partial charge in [0.1, 0.15) is 6.54 Å². The summed E-state index contributed by atoms with van der Waals surface area (Å²) in [7, 11) is 1.60. The Morgan fingerprint density at radius 1 is 1.32 bits per heavy atom. The molecule has 19 heavy (non-hydrogen) atoms. The molecule has 0 fully saturated rings. The first-order chi connectivity index (χ1) is 8.63. The second-order valence-corrected chi connectivity index (χ2v) is 3.99. The Labute approximate surface area is 133 Å². The molecule has 0 aliphatic rings. The number of amides is 1. The van der Waals surface area contributed by atoms with E-state index >= 15 is 0 Å². The molecule has 1 unspecified atom stereocenters. The zero-order valence-electron chi connectivity index (χ0n) is 12.3. The van der Waals surface area contributed by atoms with Gasteiger partial charge >= 0.3 is 0 Å². The molecule has 0 heterocycles. The Morgan fingerprint density at radius 2 is 2.00 bits per heavy atom. The van der Waals surface area contributed by atoms with E-state index in [-0.39, 0.29) is 36.4 Å². The molecular formula is C12H27IN4O2. The Morgan fingerprint density at radius 3 is 2.53 bits per heavy atom. The smallest absolute Gasteiger partial charge is 0.241 e. The van der Waals surface area contributed by atoms with Gasteiger partial charge in [-0.2, -0.15) is 0 Å². The van der Waals surface area contributed by atoms with Crippen molar-refractivity contribution in [1.29, 1.82) is 0 Å². The third-order valence-electron chi connectivity index (χ3n) is 2.35. The zero-order valence-corrected chi connectivity index (χ0v) is 14.6. The average Bonchev–Trinajstić information content (AvgIpc) is 2.36. The molecule has 7 heteroatoms. The van der Waals surface area contributed by atoms with Crippen LogP contribution in [0.5, 0.6) is 0 Å². The van der Waals surface area contributed by atoms with Crippen LogP contribution >= 0.6 is 24.0 Å². The summed E-state index contributed by atoms with van der Waals surface area (Å²) < 4.78 is 4.85. The molecule has 1 amide bonds. The van der Waals surface area contributed by atoms with E-state index in [4.69, 9.17) is 4.74 Å². The molecule has 0 rings (SSSR count). The van der Waals surface area contributed by atoms with Crippen molar-refractivity contribution >= 4 is 35.8 Å². The molecule has 0 spiro atoms. The third kappa shape index (κ3) is 12.2. The fourth-order valence-electron chi connectivity index (χ4n) is 1.15. The number of nitrogens with zero attached hydrogens (tertiary/aromatic N) is 1. The number of carbonyl (C=O) groups is 1. The number of carbonyl (C=O) groups excluding carboxylic acids is 1. The Hall–Kier alpha value is -0.570. The summed E-state index contributed by atoms with van der Waals surface area (Å²) in [4.78, 5) is 15.7. The third-order valence-corrected chi connectivity index (χ3v) is 2.35. The fourth-order valence-corrected chi connectivity index (χ4v) is 1.15. The quantitative estimate of drug-likeness (QED) is 0.249. The van der Waals surface area contributed by atoms with Crippen molar-refractivity contribution in [2.24, 2.45) is 4.99 Å². The van der Waals surface area contributed by atoms with Gasteiger partial charge in [-0.3, -0.25) is 4.79 Å². The van der Waals surface area contributed by atoms with Gasteiger partial charge < -0.3 is 20.7 Å². The molecule has 3 N–H and O–H groups in total. The number of hydrogen-bond acceptors (Lipinski definition) is 3. The molecule has 0 saturated heterocycles. The summed E-state index contributed by atoms with van der Waals surface area (Å²) in [5.74, 6) is 0.571. The number of rotatable bonds is 8. The van der Waals surface area contributed by atoms with Gasteiger partial charge in [-0.25, -0.2) is 4.99 Å². The van der Waals surface area contributed by atoms with Crippen LogP contribution in [0.15, 0.2) is 4.99 Å². The highest BCUT2D eigenvalue weighted by molar-refractivity contribution is 14.0. The maximum atomic E-state index is 11.5. The van der Waals surface area contributed by atoms with Crippen molar-refractivity contribution < 1.29 is 9.53 Å². The van der Waals surface area contributed by atoms with E-state index in [1.807, 2.05) is 6.92 Å². The van der Waals surface area contributed by atoms with E-state index in [1.54, 1.807) is 7.11 Å². The van der Waals surface area contributed by atoms with Crippen LogP contribution in [-0.2, 0) is 9.53 Å². The topological polar surface area (TPSA) is 74.8 Å². The van der Waals surface area contributed by atoms with Crippen molar-refractivity contribution in [2.75, 3.05) is 33.4 Å². The maximum Gasteiger partial charge on any atom is 0.241 e. The van der Waals surface area contributed by atoms with Crippen LogP contribution in [-0.4, -0.2) is 51.3 Å². The van der Waals surface area contributed by atoms with E-state index in [0.29, 0.717) is 25.2 Å². The van der Waals surface area contributed by atoms with Gasteiger partial charge in [-0.05, 0) is 20.3 Å². The largest absolute Gasteiger partial charge is 0.383 e. The van der Waals surface area contributed by atoms with Crippen LogP contribution in [0.25, 0.3) is 0 Å². The van der Waals surface area contributed by atoms with E-state index < -0.39 is 0 Å². The Balaban J connectivity index is 0. The molecule has 0 aliphatic heterocycles. The summed E-state index contributed by atoms with van der Waals surface area (Å²) in [6.45, 7) is 8.08. The molecule has 6 nitrogen and oxygen atoms in total. The standard InChI is InChI=1S/C12H26N4O2.HI/c1-5-10(3)16-12(13-6-2)15-9-11(17)14-7-8-18-4;/h10H,5-9H2,1-4H3,(H,14,17)(H2,13,15,16);1H. The predicted octanol–water partition coefficient (Wildman–Crippen LogP) is 0.721. The summed E-state index contributed by atoms with van der Waals surface area (Å²) in [6, 6.07) is 0.333. The number of guanidine groups is 1. The highest BCUT2D eigenvalue weighted by Gasteiger charge is 2.04. The summed E-state index contributed by atoms with van der Waals surface area (Å²) in [5.41, 5.74) is 0. The van der Waals surface area contributed by atoms with Crippen molar-refractivity contribution in [1.82, 2.24) is 16.0 Å². The van der Waals surface area contributed by atoms with Crippen LogP contribution < -0.4 is 16.0 Å². The molecule has 114 valence electrons. The number of ether oxygens (including phenoxy) is 1. The van der Waals surface area contributed by atoms with Crippen LogP contribution in [0.1, 0.15) is 27.2 Å². The normalized spacial score (nSPS) is 12.3. The molecule has 0 radical (unpaired) electrons. The first-order valence-corrected chi connectivity index (χ1v) is 6.44. The number of hydrogen-bond donors (Lipinski definition) is 3. The van der Waals surface area contributed by atoms with Crippen LogP contribution in [0.3, 0.4) is 0 Å². The van der Waals surface area contributed by atoms with Crippen molar-refractivity contribution in [3.05, 3.63) is 0 Å². The molecule has 0 aromatic carbocycles. The van der Waals surface area contributed by atoms with Crippen LogP contribution in [0.2, 0.25) is 0 Å². The van der Waals surface area contributed by atoms with Crippen molar-refractivity contribution in [2.45, 2.75) is 33.2 Å². The highest BCUT2D eigenvalue weighted by atomic mass is 127. The average molecular weight is 386 g/mol. The minimum absolute atomic E-state index is 0. The minimum Gasteiger partial charge on any atom is -0.383 e. The first-order valence-electron chi connectivity index (χ1n) is 6.44. The summed E-state index contributed by atoms with van der Waals surface area (Å²) in [6.07, 6.45) is 1.00. The Kier molecular flexibility index (Phi) is 15.1. The van der Waals surface area contributed by atoms with E-state index in [0.717, 1.165) is 13.0 Å². The second kappa shape index (κ2) is 13.9. The molecule has 0 aromatic heterocycles. The lowest BCUT2D eigenvalue weighted by molar-refractivity contribution is -0.119. The van der Waals surface area contributed by atoms with E-state index in [9.17, 15) is 4.79 Å². The number of methoxy groups -OCH3 is 1. The van der Waals surface area contributed by atoms with Crippen molar-refractivity contribution in [3.8, 4) is 0 Å².